The number of amides is 1. The molecule has 1 fully saturated rings. The molecule has 0 saturated carbocycles. The molecule has 4 nitrogen and oxygen atoms in total. The van der Waals surface area contributed by atoms with Crippen LogP contribution in [0.2, 0.25) is 5.02 Å². The summed E-state index contributed by atoms with van der Waals surface area (Å²) in [5.74, 6) is 0.283. The summed E-state index contributed by atoms with van der Waals surface area (Å²) in [4.78, 5) is 20.5. The highest BCUT2D eigenvalue weighted by atomic mass is 35.5. The molecule has 150 valence electrons. The Bertz CT molecular complexity index is 885. The van der Waals surface area contributed by atoms with Gasteiger partial charge in [0.05, 0.1) is 10.6 Å². The van der Waals surface area contributed by atoms with E-state index in [2.05, 4.69) is 4.98 Å². The van der Waals surface area contributed by atoms with E-state index < -0.39 is 11.7 Å². The van der Waals surface area contributed by atoms with Crippen LogP contribution >= 0.6 is 11.6 Å². The van der Waals surface area contributed by atoms with Crippen molar-refractivity contribution in [3.05, 3.63) is 57.7 Å². The van der Waals surface area contributed by atoms with E-state index >= 15 is 0 Å². The highest BCUT2D eigenvalue weighted by molar-refractivity contribution is 6.33. The number of aromatic nitrogens is 1. The normalized spacial score (nSPS) is 15.5. The van der Waals surface area contributed by atoms with Crippen molar-refractivity contribution in [1.29, 1.82) is 0 Å². The van der Waals surface area contributed by atoms with Crippen molar-refractivity contribution in [3.63, 3.8) is 0 Å². The van der Waals surface area contributed by atoms with Gasteiger partial charge in [0.1, 0.15) is 5.82 Å². The van der Waals surface area contributed by atoms with E-state index in [1.807, 2.05) is 36.9 Å². The fraction of sp³-hybridized carbons (Fsp3) is 0.400. The molecule has 3 rings (SSSR count). The number of nitrogens with zero attached hydrogens (tertiary/aromatic N) is 3. The molecular weight excluding hydrogens is 391 g/mol. The Hall–Kier alpha value is -2.28. The molecule has 1 aliphatic heterocycles. The Labute approximate surface area is 166 Å². The van der Waals surface area contributed by atoms with Crippen LogP contribution in [0.25, 0.3) is 0 Å². The molecule has 1 aromatic heterocycles. The summed E-state index contributed by atoms with van der Waals surface area (Å²) < 4.78 is 38.4. The van der Waals surface area contributed by atoms with E-state index in [9.17, 15) is 18.0 Å². The smallest absolute Gasteiger partial charge is 0.354 e. The first-order chi connectivity index (χ1) is 13.2. The Kier molecular flexibility index (Phi) is 5.84. The molecule has 0 atom stereocenters. The Morgan fingerprint density at radius 1 is 1.11 bits per heavy atom. The fourth-order valence-corrected chi connectivity index (χ4v) is 3.57. The number of halogens is 4. The summed E-state index contributed by atoms with van der Waals surface area (Å²) >= 11 is 6.07. The number of aryl methyl sites for hydroxylation is 2. The molecule has 1 saturated heterocycles. The van der Waals surface area contributed by atoms with Gasteiger partial charge in [-0.05, 0) is 38.0 Å². The molecule has 2 heterocycles. The van der Waals surface area contributed by atoms with Gasteiger partial charge in [-0.15, -0.1) is 0 Å². The lowest BCUT2D eigenvalue weighted by atomic mass is 10.0. The summed E-state index contributed by atoms with van der Waals surface area (Å²) in [6.07, 6.45) is -3.01. The molecule has 1 aromatic carbocycles. The third-order valence-electron chi connectivity index (χ3n) is 4.86. The third kappa shape index (κ3) is 4.41. The molecule has 1 aliphatic rings. The Morgan fingerprint density at radius 2 is 1.86 bits per heavy atom. The average Bonchev–Trinajstić information content (AvgIpc) is 2.88. The SMILES string of the molecule is Cc1ccc(C)c(C(=O)N2CCCN(c3ncc(C(F)(F)F)cc3Cl)CC2)c1. The number of hydrogen-bond donors (Lipinski definition) is 0. The lowest BCUT2D eigenvalue weighted by Gasteiger charge is -2.24. The van der Waals surface area contributed by atoms with E-state index in [1.54, 1.807) is 4.90 Å². The van der Waals surface area contributed by atoms with Gasteiger partial charge in [-0.1, -0.05) is 29.3 Å². The summed E-state index contributed by atoms with van der Waals surface area (Å²) in [6, 6.07) is 6.68. The van der Waals surface area contributed by atoms with Crippen LogP contribution in [0.3, 0.4) is 0 Å². The van der Waals surface area contributed by atoms with Gasteiger partial charge in [0.25, 0.3) is 5.91 Å². The zero-order chi connectivity index (χ0) is 20.5. The monoisotopic (exact) mass is 411 g/mol. The molecule has 0 radical (unpaired) electrons. The molecule has 2 aromatic rings. The van der Waals surface area contributed by atoms with Crippen molar-refractivity contribution in [2.75, 3.05) is 31.1 Å². The minimum atomic E-state index is -4.48. The molecule has 0 spiro atoms. The number of rotatable bonds is 2. The number of hydrogen-bond acceptors (Lipinski definition) is 3. The van der Waals surface area contributed by atoms with Gasteiger partial charge >= 0.3 is 6.18 Å². The van der Waals surface area contributed by atoms with Gasteiger partial charge in [0, 0.05) is 37.9 Å². The molecular formula is C20H21ClF3N3O. The van der Waals surface area contributed by atoms with Crippen molar-refractivity contribution >= 4 is 23.3 Å². The minimum absolute atomic E-state index is 0.0328. The minimum Gasteiger partial charge on any atom is -0.354 e. The van der Waals surface area contributed by atoms with Crippen molar-refractivity contribution in [2.24, 2.45) is 0 Å². The molecule has 28 heavy (non-hydrogen) atoms. The Morgan fingerprint density at radius 3 is 2.54 bits per heavy atom. The summed E-state index contributed by atoms with van der Waals surface area (Å²) in [5, 5.41) is -0.0378. The maximum atomic E-state index is 12.9. The topological polar surface area (TPSA) is 36.4 Å². The lowest BCUT2D eigenvalue weighted by Crippen LogP contribution is -2.35. The van der Waals surface area contributed by atoms with E-state index in [4.69, 9.17) is 11.6 Å². The van der Waals surface area contributed by atoms with Crippen molar-refractivity contribution in [2.45, 2.75) is 26.4 Å². The predicted molar refractivity (Wildman–Crippen MR) is 103 cm³/mol. The molecule has 0 bridgehead atoms. The number of carbonyl (C=O) groups is 1. The number of carbonyl (C=O) groups excluding carboxylic acids is 1. The largest absolute Gasteiger partial charge is 0.417 e. The maximum Gasteiger partial charge on any atom is 0.417 e. The first kappa shape index (κ1) is 20.5. The fourth-order valence-electron chi connectivity index (χ4n) is 3.29. The van der Waals surface area contributed by atoms with Crippen LogP contribution in [0.4, 0.5) is 19.0 Å². The number of alkyl halides is 3. The first-order valence-corrected chi connectivity index (χ1v) is 9.39. The van der Waals surface area contributed by atoms with Gasteiger partial charge in [0.2, 0.25) is 0 Å². The van der Waals surface area contributed by atoms with Gasteiger partial charge in [0.15, 0.2) is 0 Å². The molecule has 8 heteroatoms. The van der Waals surface area contributed by atoms with E-state index in [-0.39, 0.29) is 10.9 Å². The van der Waals surface area contributed by atoms with Crippen LogP contribution in [0, 0.1) is 13.8 Å². The second-order valence-corrected chi connectivity index (χ2v) is 7.39. The van der Waals surface area contributed by atoms with Crippen LogP contribution in [0.15, 0.2) is 30.5 Å². The van der Waals surface area contributed by atoms with Crippen LogP contribution in [-0.2, 0) is 6.18 Å². The van der Waals surface area contributed by atoms with Crippen molar-refractivity contribution in [1.82, 2.24) is 9.88 Å². The van der Waals surface area contributed by atoms with E-state index in [1.165, 1.54) is 0 Å². The molecule has 1 amide bonds. The van der Waals surface area contributed by atoms with Gasteiger partial charge < -0.3 is 9.80 Å². The lowest BCUT2D eigenvalue weighted by molar-refractivity contribution is -0.137. The zero-order valence-corrected chi connectivity index (χ0v) is 16.4. The van der Waals surface area contributed by atoms with Crippen molar-refractivity contribution in [3.8, 4) is 0 Å². The highest BCUT2D eigenvalue weighted by Crippen LogP contribution is 2.33. The average molecular weight is 412 g/mol. The quantitative estimate of drug-likeness (QED) is 0.717. The van der Waals surface area contributed by atoms with Crippen LogP contribution in [0.1, 0.15) is 33.5 Å². The van der Waals surface area contributed by atoms with Gasteiger partial charge in [-0.2, -0.15) is 13.2 Å². The molecule has 0 N–H and O–H groups in total. The summed E-state index contributed by atoms with van der Waals surface area (Å²) in [5.41, 5.74) is 1.75. The number of benzene rings is 1. The standard InChI is InChI=1S/C20H21ClF3N3O/c1-13-4-5-14(2)16(10-13)19(28)27-7-3-6-26(8-9-27)18-17(21)11-15(12-25-18)20(22,23)24/h4-5,10-12H,3,6-9H2,1-2H3. The maximum absolute atomic E-state index is 12.9. The van der Waals surface area contributed by atoms with E-state index in [0.717, 1.165) is 23.4 Å². The van der Waals surface area contributed by atoms with Gasteiger partial charge in [-0.3, -0.25) is 4.79 Å². The van der Waals surface area contributed by atoms with Crippen LogP contribution in [0.5, 0.6) is 0 Å². The predicted octanol–water partition coefficient (Wildman–Crippen LogP) is 4.72. The number of anilines is 1. The molecule has 0 unspecified atom stereocenters. The van der Waals surface area contributed by atoms with E-state index in [0.29, 0.717) is 44.0 Å². The number of pyridine rings is 1. The summed E-state index contributed by atoms with van der Waals surface area (Å²) in [7, 11) is 0. The summed E-state index contributed by atoms with van der Waals surface area (Å²) in [6.45, 7) is 5.89. The second-order valence-electron chi connectivity index (χ2n) is 6.98. The Balaban J connectivity index is 1.75. The zero-order valence-electron chi connectivity index (χ0n) is 15.7. The first-order valence-electron chi connectivity index (χ1n) is 9.01. The highest BCUT2D eigenvalue weighted by Gasteiger charge is 2.32. The van der Waals surface area contributed by atoms with Crippen LogP contribution < -0.4 is 4.90 Å². The molecule has 0 aliphatic carbocycles. The third-order valence-corrected chi connectivity index (χ3v) is 5.13. The van der Waals surface area contributed by atoms with Crippen molar-refractivity contribution < 1.29 is 18.0 Å². The second kappa shape index (κ2) is 7.99. The van der Waals surface area contributed by atoms with Crippen LogP contribution in [-0.4, -0.2) is 42.0 Å². The van der Waals surface area contributed by atoms with Gasteiger partial charge in [-0.25, -0.2) is 4.98 Å².